The van der Waals surface area contributed by atoms with Crippen LogP contribution in [0.4, 0.5) is 0 Å². The first kappa shape index (κ1) is 13.9. The second-order valence-corrected chi connectivity index (χ2v) is 6.11. The molecule has 1 N–H and O–H groups in total. The van der Waals surface area contributed by atoms with Crippen molar-refractivity contribution in [3.05, 3.63) is 16.4 Å². The van der Waals surface area contributed by atoms with E-state index in [0.29, 0.717) is 17.5 Å². The van der Waals surface area contributed by atoms with Crippen LogP contribution in [0, 0.1) is 12.8 Å². The molecule has 2 rings (SSSR count). The minimum absolute atomic E-state index is 0.587. The predicted molar refractivity (Wildman–Crippen MR) is 73.9 cm³/mol. The summed E-state index contributed by atoms with van der Waals surface area (Å²) in [6, 6.07) is 0. The predicted octanol–water partition coefficient (Wildman–Crippen LogP) is 3.26. The maximum atomic E-state index is 10.8. The van der Waals surface area contributed by atoms with E-state index < -0.39 is 5.60 Å². The first-order valence-corrected chi connectivity index (χ1v) is 7.23. The Morgan fingerprint density at radius 3 is 2.83 bits per heavy atom. The van der Waals surface area contributed by atoms with Crippen molar-refractivity contribution in [3.63, 3.8) is 0 Å². The third kappa shape index (κ3) is 2.72. The smallest absolute Gasteiger partial charge is 0.130 e. The number of nitrogens with zero attached hydrogens (tertiary/aromatic N) is 2. The summed E-state index contributed by atoms with van der Waals surface area (Å²) in [5, 5.41) is 15.8. The Hall–Kier alpha value is -0.540. The number of aromatic nitrogens is 2. The molecule has 0 amide bonds. The SMILES string of the molecule is CCC1CCCC(O)(Cc2c(C)nn(C)c2Cl)C1. The third-order valence-electron chi connectivity index (χ3n) is 4.28. The van der Waals surface area contributed by atoms with Crippen LogP contribution in [0.25, 0.3) is 0 Å². The van der Waals surface area contributed by atoms with Gasteiger partial charge in [-0.2, -0.15) is 5.10 Å². The van der Waals surface area contributed by atoms with Gasteiger partial charge in [-0.05, 0) is 25.7 Å². The van der Waals surface area contributed by atoms with E-state index in [1.807, 2.05) is 14.0 Å². The summed E-state index contributed by atoms with van der Waals surface area (Å²) in [5.74, 6) is 0.652. The van der Waals surface area contributed by atoms with Gasteiger partial charge < -0.3 is 5.11 Å². The highest BCUT2D eigenvalue weighted by Crippen LogP contribution is 2.37. The maximum absolute atomic E-state index is 10.8. The quantitative estimate of drug-likeness (QED) is 0.916. The summed E-state index contributed by atoms with van der Waals surface area (Å²) >= 11 is 6.25. The van der Waals surface area contributed by atoms with Crippen molar-refractivity contribution in [2.24, 2.45) is 13.0 Å². The van der Waals surface area contributed by atoms with Crippen LogP contribution in [0.3, 0.4) is 0 Å². The molecule has 1 aliphatic rings. The van der Waals surface area contributed by atoms with Gasteiger partial charge in [-0.25, -0.2) is 0 Å². The molecule has 18 heavy (non-hydrogen) atoms. The van der Waals surface area contributed by atoms with Crippen LogP contribution < -0.4 is 0 Å². The molecule has 0 aliphatic heterocycles. The molecule has 2 atom stereocenters. The molecule has 1 aromatic rings. The van der Waals surface area contributed by atoms with Crippen molar-refractivity contribution >= 4 is 11.6 Å². The van der Waals surface area contributed by atoms with E-state index in [0.717, 1.165) is 36.9 Å². The van der Waals surface area contributed by atoms with Crippen LogP contribution >= 0.6 is 11.6 Å². The zero-order valence-corrected chi connectivity index (χ0v) is 12.3. The molecule has 0 bridgehead atoms. The van der Waals surface area contributed by atoms with Crippen LogP contribution in [0.2, 0.25) is 5.15 Å². The van der Waals surface area contributed by atoms with E-state index in [1.54, 1.807) is 4.68 Å². The van der Waals surface area contributed by atoms with Crippen molar-refractivity contribution in [3.8, 4) is 0 Å². The van der Waals surface area contributed by atoms with Gasteiger partial charge in [-0.1, -0.05) is 37.8 Å². The fourth-order valence-corrected chi connectivity index (χ4v) is 3.42. The zero-order chi connectivity index (χ0) is 13.3. The molecule has 0 radical (unpaired) electrons. The summed E-state index contributed by atoms with van der Waals surface area (Å²) in [6.45, 7) is 4.17. The van der Waals surface area contributed by atoms with Crippen LogP contribution in [0.15, 0.2) is 0 Å². The van der Waals surface area contributed by atoms with Gasteiger partial charge in [0.25, 0.3) is 0 Å². The topological polar surface area (TPSA) is 38.1 Å². The number of hydrogen-bond acceptors (Lipinski definition) is 2. The molecular weight excluding hydrogens is 248 g/mol. The first-order chi connectivity index (χ1) is 8.45. The fraction of sp³-hybridized carbons (Fsp3) is 0.786. The lowest BCUT2D eigenvalue weighted by atomic mass is 9.74. The van der Waals surface area contributed by atoms with E-state index >= 15 is 0 Å². The maximum Gasteiger partial charge on any atom is 0.130 e. The van der Waals surface area contributed by atoms with Crippen molar-refractivity contribution in [1.29, 1.82) is 0 Å². The van der Waals surface area contributed by atoms with Crippen molar-refractivity contribution < 1.29 is 5.11 Å². The summed E-state index contributed by atoms with van der Waals surface area (Å²) in [7, 11) is 1.85. The average Bonchev–Trinajstić information content (AvgIpc) is 2.56. The highest BCUT2D eigenvalue weighted by atomic mass is 35.5. The summed E-state index contributed by atoms with van der Waals surface area (Å²) in [5.41, 5.74) is 1.36. The van der Waals surface area contributed by atoms with Crippen LogP contribution in [0.5, 0.6) is 0 Å². The Kier molecular flexibility index (Phi) is 4.02. The van der Waals surface area contributed by atoms with Crippen LogP contribution in [0.1, 0.15) is 50.3 Å². The molecule has 1 fully saturated rings. The highest BCUT2D eigenvalue weighted by Gasteiger charge is 2.35. The number of aliphatic hydroxyl groups is 1. The Bertz CT molecular complexity index is 430. The Labute approximate surface area is 114 Å². The minimum Gasteiger partial charge on any atom is -0.390 e. The largest absolute Gasteiger partial charge is 0.390 e. The first-order valence-electron chi connectivity index (χ1n) is 6.85. The monoisotopic (exact) mass is 270 g/mol. The normalized spacial score (nSPS) is 28.6. The van der Waals surface area contributed by atoms with Crippen molar-refractivity contribution in [2.45, 2.75) is 58.0 Å². The van der Waals surface area contributed by atoms with Crippen molar-refractivity contribution in [2.75, 3.05) is 0 Å². The number of aryl methyl sites for hydroxylation is 2. The molecule has 1 saturated carbocycles. The van der Waals surface area contributed by atoms with E-state index in [2.05, 4.69) is 12.0 Å². The molecule has 0 aromatic carbocycles. The molecule has 102 valence electrons. The lowest BCUT2D eigenvalue weighted by Gasteiger charge is -2.36. The molecule has 2 unspecified atom stereocenters. The van der Waals surface area contributed by atoms with Gasteiger partial charge in [-0.3, -0.25) is 4.68 Å². The minimum atomic E-state index is -0.587. The van der Waals surface area contributed by atoms with Crippen LogP contribution in [-0.4, -0.2) is 20.5 Å². The van der Waals surface area contributed by atoms with Gasteiger partial charge in [0.05, 0.1) is 11.3 Å². The molecule has 1 aliphatic carbocycles. The van der Waals surface area contributed by atoms with Gasteiger partial charge >= 0.3 is 0 Å². The van der Waals surface area contributed by atoms with Gasteiger partial charge in [0.1, 0.15) is 5.15 Å². The number of hydrogen-bond donors (Lipinski definition) is 1. The van der Waals surface area contributed by atoms with E-state index in [4.69, 9.17) is 11.6 Å². The zero-order valence-electron chi connectivity index (χ0n) is 11.5. The second-order valence-electron chi connectivity index (χ2n) is 5.75. The third-order valence-corrected chi connectivity index (χ3v) is 4.75. The molecule has 0 saturated heterocycles. The lowest BCUT2D eigenvalue weighted by Crippen LogP contribution is -2.37. The summed E-state index contributed by atoms with van der Waals surface area (Å²) in [4.78, 5) is 0. The van der Waals surface area contributed by atoms with E-state index in [1.165, 1.54) is 6.42 Å². The second kappa shape index (κ2) is 5.22. The van der Waals surface area contributed by atoms with E-state index in [-0.39, 0.29) is 0 Å². The molecule has 1 aromatic heterocycles. The fourth-order valence-electron chi connectivity index (χ4n) is 3.17. The molecular formula is C14H23ClN2O. The Morgan fingerprint density at radius 1 is 1.56 bits per heavy atom. The van der Waals surface area contributed by atoms with Gasteiger partial charge in [0, 0.05) is 19.0 Å². The molecule has 4 heteroatoms. The highest BCUT2D eigenvalue weighted by molar-refractivity contribution is 6.30. The van der Waals surface area contributed by atoms with E-state index in [9.17, 15) is 5.11 Å². The Balaban J connectivity index is 2.16. The standard InChI is InChI=1S/C14H23ClN2O/c1-4-11-6-5-7-14(18,8-11)9-12-10(2)16-17(3)13(12)15/h11,18H,4-9H2,1-3H3. The van der Waals surface area contributed by atoms with Crippen LogP contribution in [-0.2, 0) is 13.5 Å². The lowest BCUT2D eigenvalue weighted by molar-refractivity contribution is -0.0163. The average molecular weight is 271 g/mol. The van der Waals surface area contributed by atoms with Crippen molar-refractivity contribution in [1.82, 2.24) is 9.78 Å². The van der Waals surface area contributed by atoms with Gasteiger partial charge in [-0.15, -0.1) is 0 Å². The molecule has 0 spiro atoms. The summed E-state index contributed by atoms with van der Waals surface area (Å²) < 4.78 is 1.69. The van der Waals surface area contributed by atoms with Gasteiger partial charge in [0.15, 0.2) is 0 Å². The molecule has 3 nitrogen and oxygen atoms in total. The molecule has 1 heterocycles. The number of halogens is 1. The Morgan fingerprint density at radius 2 is 2.28 bits per heavy atom. The number of rotatable bonds is 3. The summed E-state index contributed by atoms with van der Waals surface area (Å²) in [6.07, 6.45) is 5.94. The van der Waals surface area contributed by atoms with Gasteiger partial charge in [0.2, 0.25) is 0 Å².